The second-order valence-electron chi connectivity index (χ2n) is 8.61. The van der Waals surface area contributed by atoms with Gasteiger partial charge in [0.05, 0.1) is 6.54 Å². The SMILES string of the molecule is CC#CCN1CC[C@@]2(C[C@@H]1C)C(N1CCC(C)C1)=NC(=O)N2c1cccc(F)c1. The van der Waals surface area contributed by atoms with Crippen LogP contribution >= 0.6 is 0 Å². The molecule has 3 aliphatic heterocycles. The Morgan fingerprint density at radius 1 is 1.31 bits per heavy atom. The number of likely N-dealkylation sites (tertiary alicyclic amines) is 2. The normalized spacial score (nSPS) is 29.9. The number of nitrogens with zero attached hydrogens (tertiary/aromatic N) is 4. The Morgan fingerprint density at radius 2 is 2.14 bits per heavy atom. The second kappa shape index (κ2) is 7.79. The van der Waals surface area contributed by atoms with Crippen molar-refractivity contribution in [3.8, 4) is 11.8 Å². The molecule has 0 bridgehead atoms. The van der Waals surface area contributed by atoms with Gasteiger partial charge in [-0.3, -0.25) is 9.80 Å². The molecule has 0 aliphatic carbocycles. The topological polar surface area (TPSA) is 39.1 Å². The maximum atomic E-state index is 14.0. The summed E-state index contributed by atoms with van der Waals surface area (Å²) in [5, 5.41) is 0. The first-order valence-electron chi connectivity index (χ1n) is 10.5. The third-order valence-electron chi connectivity index (χ3n) is 6.55. The van der Waals surface area contributed by atoms with Crippen molar-refractivity contribution in [3.63, 3.8) is 0 Å². The highest BCUT2D eigenvalue weighted by Gasteiger charge is 2.55. The minimum Gasteiger partial charge on any atom is -0.358 e. The molecule has 1 spiro atoms. The Kier molecular flexibility index (Phi) is 5.35. The van der Waals surface area contributed by atoms with E-state index in [1.807, 2.05) is 13.0 Å². The zero-order valence-corrected chi connectivity index (χ0v) is 17.5. The lowest BCUT2D eigenvalue weighted by atomic mass is 9.80. The van der Waals surface area contributed by atoms with Crippen LogP contribution in [0.3, 0.4) is 0 Å². The molecule has 5 nitrogen and oxygen atoms in total. The van der Waals surface area contributed by atoms with Crippen molar-refractivity contribution in [3.05, 3.63) is 30.1 Å². The van der Waals surface area contributed by atoms with E-state index in [0.717, 1.165) is 51.3 Å². The maximum absolute atomic E-state index is 14.0. The summed E-state index contributed by atoms with van der Waals surface area (Å²) in [6, 6.07) is 6.31. The third-order valence-corrected chi connectivity index (χ3v) is 6.55. The van der Waals surface area contributed by atoms with Crippen molar-refractivity contribution < 1.29 is 9.18 Å². The first-order valence-corrected chi connectivity index (χ1v) is 10.5. The van der Waals surface area contributed by atoms with E-state index in [4.69, 9.17) is 0 Å². The molecule has 4 rings (SSSR count). The Hall–Kier alpha value is -2.39. The van der Waals surface area contributed by atoms with Gasteiger partial charge in [0.1, 0.15) is 17.2 Å². The molecule has 2 amide bonds. The fourth-order valence-corrected chi connectivity index (χ4v) is 5.08. The van der Waals surface area contributed by atoms with E-state index < -0.39 is 5.54 Å². The van der Waals surface area contributed by atoms with Crippen molar-refractivity contribution in [2.75, 3.05) is 31.1 Å². The third kappa shape index (κ3) is 3.53. The monoisotopic (exact) mass is 396 g/mol. The standard InChI is InChI=1S/C23H29FN4O/c1-4-5-11-26-13-10-23(15-18(26)3)21(27-12-9-17(2)16-27)25-22(29)28(23)20-8-6-7-19(24)14-20/h6-8,14,17-18H,9-13,15-16H2,1-3H3/t17?,18-,23+/m0/s1. The molecule has 3 aliphatic rings. The molecule has 0 N–H and O–H groups in total. The summed E-state index contributed by atoms with van der Waals surface area (Å²) in [5.74, 6) is 7.27. The number of anilines is 1. The molecule has 2 fully saturated rings. The van der Waals surface area contributed by atoms with E-state index >= 15 is 0 Å². The molecule has 0 saturated carbocycles. The number of piperidine rings is 1. The van der Waals surface area contributed by atoms with Gasteiger partial charge in [-0.2, -0.15) is 4.99 Å². The van der Waals surface area contributed by atoms with Crippen molar-refractivity contribution >= 4 is 17.6 Å². The number of halogens is 1. The van der Waals surface area contributed by atoms with Crippen molar-refractivity contribution in [1.29, 1.82) is 0 Å². The number of aliphatic imine (C=N–C) groups is 1. The van der Waals surface area contributed by atoms with E-state index in [2.05, 4.69) is 40.5 Å². The summed E-state index contributed by atoms with van der Waals surface area (Å²) in [7, 11) is 0. The largest absolute Gasteiger partial charge is 0.358 e. The predicted molar refractivity (Wildman–Crippen MR) is 114 cm³/mol. The van der Waals surface area contributed by atoms with Crippen LogP contribution in [-0.2, 0) is 0 Å². The van der Waals surface area contributed by atoms with Gasteiger partial charge in [0.25, 0.3) is 0 Å². The van der Waals surface area contributed by atoms with Crippen LogP contribution < -0.4 is 4.90 Å². The first-order chi connectivity index (χ1) is 13.9. The van der Waals surface area contributed by atoms with Crippen LogP contribution in [0, 0.1) is 23.6 Å². The highest BCUT2D eigenvalue weighted by molar-refractivity contribution is 6.16. The van der Waals surface area contributed by atoms with Gasteiger partial charge in [0.15, 0.2) is 0 Å². The zero-order chi connectivity index (χ0) is 20.6. The summed E-state index contributed by atoms with van der Waals surface area (Å²) in [5.41, 5.74) is 0.0693. The molecule has 29 heavy (non-hydrogen) atoms. The summed E-state index contributed by atoms with van der Waals surface area (Å²) in [4.78, 5) is 24.1. The number of amides is 2. The highest BCUT2D eigenvalue weighted by atomic mass is 19.1. The average molecular weight is 397 g/mol. The molecular formula is C23H29FN4O. The van der Waals surface area contributed by atoms with Gasteiger partial charge >= 0.3 is 6.03 Å². The van der Waals surface area contributed by atoms with Gasteiger partial charge in [-0.25, -0.2) is 9.18 Å². The smallest absolute Gasteiger partial charge is 0.350 e. The first kappa shape index (κ1) is 19.9. The van der Waals surface area contributed by atoms with Crippen LogP contribution in [0.1, 0.15) is 40.0 Å². The summed E-state index contributed by atoms with van der Waals surface area (Å²) in [6.07, 6.45) is 2.65. The van der Waals surface area contributed by atoms with Crippen LogP contribution in [0.2, 0.25) is 0 Å². The van der Waals surface area contributed by atoms with Crippen LogP contribution in [0.4, 0.5) is 14.9 Å². The Bertz CT molecular complexity index is 888. The van der Waals surface area contributed by atoms with Crippen LogP contribution in [0.25, 0.3) is 0 Å². The van der Waals surface area contributed by atoms with Gasteiger partial charge in [-0.1, -0.05) is 18.9 Å². The number of benzene rings is 1. The molecule has 3 heterocycles. The Morgan fingerprint density at radius 3 is 2.79 bits per heavy atom. The second-order valence-corrected chi connectivity index (χ2v) is 8.61. The maximum Gasteiger partial charge on any atom is 0.350 e. The van der Waals surface area contributed by atoms with E-state index in [9.17, 15) is 9.18 Å². The van der Waals surface area contributed by atoms with E-state index in [1.165, 1.54) is 12.1 Å². The fraction of sp³-hybridized carbons (Fsp3) is 0.565. The predicted octanol–water partition coefficient (Wildman–Crippen LogP) is 3.75. The van der Waals surface area contributed by atoms with Crippen molar-refractivity contribution in [2.45, 2.75) is 51.6 Å². The lowest BCUT2D eigenvalue weighted by Gasteiger charge is -2.49. The van der Waals surface area contributed by atoms with Gasteiger partial charge in [0, 0.05) is 31.4 Å². The van der Waals surface area contributed by atoms with E-state index in [0.29, 0.717) is 11.6 Å². The lowest BCUT2D eigenvalue weighted by Crippen LogP contribution is -2.63. The van der Waals surface area contributed by atoms with E-state index in [1.54, 1.807) is 11.0 Å². The highest BCUT2D eigenvalue weighted by Crippen LogP contribution is 2.42. The molecule has 3 atom stereocenters. The summed E-state index contributed by atoms with van der Waals surface area (Å²) >= 11 is 0. The molecule has 154 valence electrons. The van der Waals surface area contributed by atoms with Gasteiger partial charge < -0.3 is 4.90 Å². The van der Waals surface area contributed by atoms with Crippen molar-refractivity contribution in [1.82, 2.24) is 9.80 Å². The molecule has 2 saturated heterocycles. The molecule has 1 aromatic rings. The quantitative estimate of drug-likeness (QED) is 0.715. The Labute approximate surface area is 172 Å². The van der Waals surface area contributed by atoms with Crippen LogP contribution in [-0.4, -0.2) is 59.4 Å². The molecule has 6 heteroatoms. The molecule has 0 aromatic heterocycles. The lowest BCUT2D eigenvalue weighted by molar-refractivity contribution is 0.142. The number of hydrogen-bond acceptors (Lipinski definition) is 3. The molecule has 0 radical (unpaired) electrons. The zero-order valence-electron chi connectivity index (χ0n) is 17.5. The van der Waals surface area contributed by atoms with Crippen molar-refractivity contribution in [2.24, 2.45) is 10.9 Å². The summed E-state index contributed by atoms with van der Waals surface area (Å²) in [6.45, 7) is 9.69. The van der Waals surface area contributed by atoms with Gasteiger partial charge in [-0.05, 0) is 57.2 Å². The fourth-order valence-electron chi connectivity index (χ4n) is 5.08. The Balaban J connectivity index is 1.72. The molecule has 1 unspecified atom stereocenters. The van der Waals surface area contributed by atoms with Gasteiger partial charge in [0.2, 0.25) is 0 Å². The van der Waals surface area contributed by atoms with Crippen LogP contribution in [0.15, 0.2) is 29.3 Å². The number of rotatable bonds is 2. The van der Waals surface area contributed by atoms with Crippen LogP contribution in [0.5, 0.6) is 0 Å². The summed E-state index contributed by atoms with van der Waals surface area (Å²) < 4.78 is 14.0. The average Bonchev–Trinajstić information content (AvgIpc) is 3.22. The number of amidine groups is 1. The molecule has 1 aromatic carbocycles. The minimum absolute atomic E-state index is 0.247. The van der Waals surface area contributed by atoms with E-state index in [-0.39, 0.29) is 17.9 Å². The number of carbonyl (C=O) groups is 1. The number of carbonyl (C=O) groups excluding carboxylic acids is 1. The number of urea groups is 1. The minimum atomic E-state index is -0.523. The molecular weight excluding hydrogens is 367 g/mol. The number of hydrogen-bond donors (Lipinski definition) is 0. The van der Waals surface area contributed by atoms with Gasteiger partial charge in [-0.15, -0.1) is 5.92 Å².